The van der Waals surface area contributed by atoms with Gasteiger partial charge in [-0.25, -0.2) is 0 Å². The molecular weight excluding hydrogens is 228 g/mol. The molecular formula is C10H14N2O3S. The molecule has 1 heterocycles. The zero-order chi connectivity index (χ0) is 12.2. The van der Waals surface area contributed by atoms with Crippen molar-refractivity contribution in [2.24, 2.45) is 5.41 Å². The van der Waals surface area contributed by atoms with E-state index in [4.69, 9.17) is 5.11 Å². The molecule has 6 heteroatoms. The number of aromatic nitrogens is 1. The fourth-order valence-corrected chi connectivity index (χ4v) is 1.58. The quantitative estimate of drug-likeness (QED) is 0.817. The molecule has 1 rings (SSSR count). The van der Waals surface area contributed by atoms with Crippen LogP contribution < -0.4 is 5.32 Å². The van der Waals surface area contributed by atoms with Crippen molar-refractivity contribution in [3.05, 3.63) is 16.6 Å². The van der Waals surface area contributed by atoms with E-state index in [1.807, 2.05) is 0 Å². The highest BCUT2D eigenvalue weighted by atomic mass is 32.1. The Labute approximate surface area is 97.5 Å². The summed E-state index contributed by atoms with van der Waals surface area (Å²) in [6.07, 6.45) is 1.93. The van der Waals surface area contributed by atoms with Crippen LogP contribution in [-0.2, 0) is 4.79 Å². The Morgan fingerprint density at radius 3 is 2.75 bits per heavy atom. The Hall–Kier alpha value is -1.43. The fourth-order valence-electron chi connectivity index (χ4n) is 1.04. The number of carbonyl (C=O) groups is 2. The summed E-state index contributed by atoms with van der Waals surface area (Å²) >= 11 is 1.23. The van der Waals surface area contributed by atoms with Gasteiger partial charge >= 0.3 is 5.97 Å². The third kappa shape index (κ3) is 2.79. The monoisotopic (exact) mass is 242 g/mol. The topological polar surface area (TPSA) is 79.3 Å². The van der Waals surface area contributed by atoms with Crippen molar-refractivity contribution in [3.8, 4) is 0 Å². The summed E-state index contributed by atoms with van der Waals surface area (Å²) < 4.78 is 0. The third-order valence-corrected chi connectivity index (χ3v) is 3.36. The summed E-state index contributed by atoms with van der Waals surface area (Å²) in [7, 11) is 0. The first-order valence-electron chi connectivity index (χ1n) is 4.89. The molecule has 16 heavy (non-hydrogen) atoms. The molecule has 1 aromatic rings. The van der Waals surface area contributed by atoms with E-state index < -0.39 is 11.4 Å². The van der Waals surface area contributed by atoms with Crippen LogP contribution in [0.3, 0.4) is 0 Å². The molecule has 2 N–H and O–H groups in total. The van der Waals surface area contributed by atoms with E-state index in [9.17, 15) is 9.59 Å². The van der Waals surface area contributed by atoms with Gasteiger partial charge in [-0.2, -0.15) is 0 Å². The second-order valence-corrected chi connectivity index (χ2v) is 4.65. The molecule has 5 nitrogen and oxygen atoms in total. The van der Waals surface area contributed by atoms with E-state index in [0.717, 1.165) is 0 Å². The number of carboxylic acids is 1. The Morgan fingerprint density at radius 1 is 1.62 bits per heavy atom. The van der Waals surface area contributed by atoms with Crippen LogP contribution in [0, 0.1) is 5.41 Å². The molecule has 0 aliphatic carbocycles. The first-order valence-corrected chi connectivity index (χ1v) is 5.77. The zero-order valence-electron chi connectivity index (χ0n) is 9.19. The lowest BCUT2D eigenvalue weighted by atomic mass is 9.88. The van der Waals surface area contributed by atoms with E-state index in [1.54, 1.807) is 19.4 Å². The van der Waals surface area contributed by atoms with Crippen molar-refractivity contribution in [1.29, 1.82) is 0 Å². The van der Waals surface area contributed by atoms with E-state index >= 15 is 0 Å². The first-order chi connectivity index (χ1) is 7.49. The van der Waals surface area contributed by atoms with Crippen molar-refractivity contribution in [2.75, 3.05) is 6.54 Å². The Morgan fingerprint density at radius 2 is 2.31 bits per heavy atom. The molecule has 88 valence electrons. The predicted molar refractivity (Wildman–Crippen MR) is 60.5 cm³/mol. The lowest BCUT2D eigenvalue weighted by Gasteiger charge is -2.22. The maximum atomic E-state index is 11.6. The van der Waals surface area contributed by atoms with Crippen LogP contribution in [0.1, 0.15) is 29.9 Å². The van der Waals surface area contributed by atoms with Gasteiger partial charge in [0.1, 0.15) is 4.88 Å². The summed E-state index contributed by atoms with van der Waals surface area (Å²) in [4.78, 5) is 26.8. The standard InChI is InChI=1S/C10H14N2O3S/c1-3-10(2,9(14)15)5-12-8(13)7-4-11-6-16-7/h4,6H,3,5H2,1-2H3,(H,12,13)(H,14,15). The van der Waals surface area contributed by atoms with Crippen molar-refractivity contribution < 1.29 is 14.7 Å². The number of nitrogens with zero attached hydrogens (tertiary/aromatic N) is 1. The lowest BCUT2D eigenvalue weighted by molar-refractivity contribution is -0.147. The lowest BCUT2D eigenvalue weighted by Crippen LogP contribution is -2.40. The molecule has 0 saturated carbocycles. The van der Waals surface area contributed by atoms with Gasteiger partial charge in [-0.1, -0.05) is 6.92 Å². The van der Waals surface area contributed by atoms with Crippen LogP contribution in [0.5, 0.6) is 0 Å². The number of thiazole rings is 1. The molecule has 0 radical (unpaired) electrons. The third-order valence-electron chi connectivity index (χ3n) is 2.59. The van der Waals surface area contributed by atoms with Gasteiger partial charge in [0.15, 0.2) is 0 Å². The summed E-state index contributed by atoms with van der Waals surface area (Å²) in [5.74, 6) is -1.18. The van der Waals surface area contributed by atoms with Crippen molar-refractivity contribution >= 4 is 23.2 Å². The van der Waals surface area contributed by atoms with Gasteiger partial charge in [0.05, 0.1) is 17.1 Å². The van der Waals surface area contributed by atoms with Crippen LogP contribution in [0.15, 0.2) is 11.7 Å². The van der Waals surface area contributed by atoms with Gasteiger partial charge in [0, 0.05) is 6.54 Å². The maximum Gasteiger partial charge on any atom is 0.311 e. The maximum absolute atomic E-state index is 11.6. The first kappa shape index (κ1) is 12.6. The SMILES string of the molecule is CCC(C)(CNC(=O)c1cncs1)C(=O)O. The van der Waals surface area contributed by atoms with E-state index in [0.29, 0.717) is 11.3 Å². The number of hydrogen-bond donors (Lipinski definition) is 2. The van der Waals surface area contributed by atoms with Crippen LogP contribution >= 0.6 is 11.3 Å². The highest BCUT2D eigenvalue weighted by molar-refractivity contribution is 7.11. The summed E-state index contributed by atoms with van der Waals surface area (Å²) in [6, 6.07) is 0. The largest absolute Gasteiger partial charge is 0.481 e. The smallest absolute Gasteiger partial charge is 0.311 e. The van der Waals surface area contributed by atoms with Crippen LogP contribution in [0.2, 0.25) is 0 Å². The molecule has 0 bridgehead atoms. The molecule has 0 fully saturated rings. The molecule has 0 spiro atoms. The average molecular weight is 242 g/mol. The van der Waals surface area contributed by atoms with Crippen LogP contribution in [0.25, 0.3) is 0 Å². The summed E-state index contributed by atoms with van der Waals surface area (Å²) in [6.45, 7) is 3.52. The number of aliphatic carboxylic acids is 1. The molecule has 1 aromatic heterocycles. The minimum absolute atomic E-state index is 0.121. The van der Waals surface area contributed by atoms with Crippen molar-refractivity contribution in [2.45, 2.75) is 20.3 Å². The number of rotatable bonds is 5. The van der Waals surface area contributed by atoms with Gasteiger partial charge in [0.2, 0.25) is 0 Å². The summed E-state index contributed by atoms with van der Waals surface area (Å²) in [5, 5.41) is 11.6. The number of amides is 1. The second-order valence-electron chi connectivity index (χ2n) is 3.77. The van der Waals surface area contributed by atoms with Gasteiger partial charge < -0.3 is 10.4 Å². The van der Waals surface area contributed by atoms with E-state index in [1.165, 1.54) is 17.5 Å². The number of hydrogen-bond acceptors (Lipinski definition) is 4. The number of carbonyl (C=O) groups excluding carboxylic acids is 1. The van der Waals surface area contributed by atoms with E-state index in [-0.39, 0.29) is 12.5 Å². The number of carboxylic acid groups (broad SMARTS) is 1. The Kier molecular flexibility index (Phi) is 4.00. The Balaban J connectivity index is 2.57. The molecule has 0 aliphatic heterocycles. The fraction of sp³-hybridized carbons (Fsp3) is 0.500. The zero-order valence-corrected chi connectivity index (χ0v) is 10.0. The predicted octanol–water partition coefficient (Wildman–Crippen LogP) is 1.37. The van der Waals surface area contributed by atoms with Gasteiger partial charge in [-0.05, 0) is 13.3 Å². The van der Waals surface area contributed by atoms with Gasteiger partial charge in [-0.3, -0.25) is 14.6 Å². The molecule has 0 aromatic carbocycles. The van der Waals surface area contributed by atoms with Gasteiger partial charge in [-0.15, -0.1) is 11.3 Å². The van der Waals surface area contributed by atoms with Crippen molar-refractivity contribution in [1.82, 2.24) is 10.3 Å². The van der Waals surface area contributed by atoms with Crippen molar-refractivity contribution in [3.63, 3.8) is 0 Å². The second kappa shape index (κ2) is 5.07. The summed E-state index contributed by atoms with van der Waals surface area (Å²) in [5.41, 5.74) is 0.644. The normalized spacial score (nSPS) is 14.1. The van der Waals surface area contributed by atoms with E-state index in [2.05, 4.69) is 10.3 Å². The Bertz CT molecular complexity index is 377. The molecule has 1 amide bonds. The van der Waals surface area contributed by atoms with Crippen LogP contribution in [0.4, 0.5) is 0 Å². The van der Waals surface area contributed by atoms with Gasteiger partial charge in [0.25, 0.3) is 5.91 Å². The highest BCUT2D eigenvalue weighted by Gasteiger charge is 2.31. The van der Waals surface area contributed by atoms with Crippen LogP contribution in [-0.4, -0.2) is 28.5 Å². The molecule has 1 atom stereocenters. The minimum atomic E-state index is -0.916. The molecule has 0 saturated heterocycles. The average Bonchev–Trinajstić information content (AvgIpc) is 2.78. The minimum Gasteiger partial charge on any atom is -0.481 e. The molecule has 0 aliphatic rings. The number of nitrogens with one attached hydrogen (secondary N) is 1. The highest BCUT2D eigenvalue weighted by Crippen LogP contribution is 2.20. The molecule has 1 unspecified atom stereocenters.